The summed E-state index contributed by atoms with van der Waals surface area (Å²) in [6.45, 7) is 3.01. The van der Waals surface area contributed by atoms with Crippen LogP contribution >= 0.6 is 0 Å². The SMILES string of the molecule is CC1(C)OC(=C(C#N)C#N)C(C#N)=C1C=Cc1c(F)c(F)c(N2N=NC3C4CCC(C4)C32)c(F)c1F. The zero-order valence-corrected chi connectivity index (χ0v) is 19.2. The number of halogens is 4. The Morgan fingerprint density at radius 1 is 1.00 bits per heavy atom. The van der Waals surface area contributed by atoms with Crippen LogP contribution in [-0.2, 0) is 4.74 Å². The standard InChI is InChI=1S/C25H18F4N6O/c1-25(2)16(15(10-32)24(36-25)13(8-30)9-31)6-5-14-17(26)19(28)23(20(29)18(14)27)35-22-12-4-3-11(7-12)21(22)33-34-35/h5-6,11-12,21-22H,3-4,7H2,1-2H3. The predicted molar refractivity (Wildman–Crippen MR) is 117 cm³/mol. The summed E-state index contributed by atoms with van der Waals surface area (Å²) in [7, 11) is 0. The number of ether oxygens (including phenoxy) is 1. The largest absolute Gasteiger partial charge is 0.480 e. The number of fused-ring (bicyclic) bond motifs is 5. The minimum absolute atomic E-state index is 0.0739. The fourth-order valence-electron chi connectivity index (χ4n) is 5.74. The Balaban J connectivity index is 1.57. The summed E-state index contributed by atoms with van der Waals surface area (Å²) in [4.78, 5) is 0. The normalized spacial score (nSPS) is 27.3. The summed E-state index contributed by atoms with van der Waals surface area (Å²) >= 11 is 0. The highest BCUT2D eigenvalue weighted by molar-refractivity contribution is 5.66. The zero-order valence-electron chi connectivity index (χ0n) is 19.2. The molecule has 4 unspecified atom stereocenters. The van der Waals surface area contributed by atoms with E-state index in [0.717, 1.165) is 36.4 Å². The second-order valence-electron chi connectivity index (χ2n) is 9.66. The lowest BCUT2D eigenvalue weighted by Gasteiger charge is -2.29. The van der Waals surface area contributed by atoms with Crippen molar-refractivity contribution in [3.8, 4) is 18.2 Å². The number of allylic oxidation sites excluding steroid dienone is 2. The molecule has 5 rings (SSSR count). The zero-order chi connectivity index (χ0) is 25.9. The molecule has 1 aromatic carbocycles. The van der Waals surface area contributed by atoms with Crippen LogP contribution in [0.4, 0.5) is 23.2 Å². The van der Waals surface area contributed by atoms with Gasteiger partial charge < -0.3 is 4.74 Å². The van der Waals surface area contributed by atoms with E-state index in [1.54, 1.807) is 12.1 Å². The van der Waals surface area contributed by atoms with Crippen molar-refractivity contribution in [3.05, 3.63) is 57.4 Å². The molecule has 182 valence electrons. The van der Waals surface area contributed by atoms with Crippen molar-refractivity contribution < 1.29 is 22.3 Å². The van der Waals surface area contributed by atoms with E-state index in [1.807, 2.05) is 6.07 Å². The van der Waals surface area contributed by atoms with Gasteiger partial charge in [-0.3, -0.25) is 0 Å². The van der Waals surface area contributed by atoms with Gasteiger partial charge in [0.2, 0.25) is 0 Å². The minimum Gasteiger partial charge on any atom is -0.480 e. The first kappa shape index (κ1) is 23.6. The summed E-state index contributed by atoms with van der Waals surface area (Å²) in [6.07, 6.45) is 4.50. The molecule has 7 nitrogen and oxygen atoms in total. The van der Waals surface area contributed by atoms with E-state index in [2.05, 4.69) is 10.3 Å². The van der Waals surface area contributed by atoms with Crippen molar-refractivity contribution in [2.45, 2.75) is 50.8 Å². The molecule has 11 heteroatoms. The van der Waals surface area contributed by atoms with Crippen LogP contribution in [0.15, 0.2) is 38.9 Å². The third-order valence-corrected chi connectivity index (χ3v) is 7.38. The first-order chi connectivity index (χ1) is 17.1. The third-order valence-electron chi connectivity index (χ3n) is 7.38. The van der Waals surface area contributed by atoms with Crippen LogP contribution in [0, 0.1) is 69.1 Å². The molecule has 4 atom stereocenters. The molecular formula is C25H18F4N6O. The maximum Gasteiger partial charge on any atom is 0.187 e. The van der Waals surface area contributed by atoms with E-state index in [9.17, 15) is 5.26 Å². The summed E-state index contributed by atoms with van der Waals surface area (Å²) in [5.41, 5.74) is -3.76. The minimum atomic E-state index is -1.62. The van der Waals surface area contributed by atoms with Crippen LogP contribution < -0.4 is 5.01 Å². The smallest absolute Gasteiger partial charge is 0.187 e. The Hall–Kier alpha value is -4.17. The molecule has 2 bridgehead atoms. The number of hydrogen-bond acceptors (Lipinski definition) is 7. The maximum absolute atomic E-state index is 15.2. The van der Waals surface area contributed by atoms with Crippen molar-refractivity contribution in [3.63, 3.8) is 0 Å². The molecule has 4 aliphatic rings. The first-order valence-electron chi connectivity index (χ1n) is 11.3. The molecule has 2 aliphatic carbocycles. The lowest BCUT2D eigenvalue weighted by molar-refractivity contribution is 0.0954. The summed E-state index contributed by atoms with van der Waals surface area (Å²) in [5.74, 6) is -6.37. The molecule has 2 heterocycles. The number of rotatable bonds is 3. The molecule has 0 saturated heterocycles. The van der Waals surface area contributed by atoms with Crippen LogP contribution in [0.1, 0.15) is 38.7 Å². The van der Waals surface area contributed by atoms with Crippen LogP contribution in [0.25, 0.3) is 6.08 Å². The lowest BCUT2D eigenvalue weighted by Crippen LogP contribution is -2.40. The second-order valence-corrected chi connectivity index (χ2v) is 9.66. The molecule has 2 fully saturated rings. The van der Waals surface area contributed by atoms with Gasteiger partial charge in [0.05, 0.1) is 17.6 Å². The fraction of sp³-hybridized carbons (Fsp3) is 0.400. The predicted octanol–water partition coefficient (Wildman–Crippen LogP) is 5.54. The number of nitrogens with zero attached hydrogens (tertiary/aromatic N) is 6. The van der Waals surface area contributed by atoms with Gasteiger partial charge in [0, 0.05) is 5.57 Å². The molecule has 0 amide bonds. The molecule has 0 radical (unpaired) electrons. The van der Waals surface area contributed by atoms with Crippen molar-refractivity contribution in [2.24, 2.45) is 22.2 Å². The van der Waals surface area contributed by atoms with Gasteiger partial charge in [0.1, 0.15) is 35.1 Å². The second kappa shape index (κ2) is 8.20. The van der Waals surface area contributed by atoms with Gasteiger partial charge in [0.15, 0.2) is 34.6 Å². The third kappa shape index (κ3) is 3.21. The van der Waals surface area contributed by atoms with Crippen LogP contribution in [0.5, 0.6) is 0 Å². The molecule has 1 aromatic rings. The van der Waals surface area contributed by atoms with E-state index in [0.29, 0.717) is 0 Å². The highest BCUT2D eigenvalue weighted by atomic mass is 19.2. The Bertz CT molecular complexity index is 1390. The van der Waals surface area contributed by atoms with E-state index in [1.165, 1.54) is 13.8 Å². The number of nitriles is 3. The molecule has 0 N–H and O–H groups in total. The van der Waals surface area contributed by atoms with Crippen molar-refractivity contribution in [1.29, 1.82) is 15.8 Å². The fourth-order valence-corrected chi connectivity index (χ4v) is 5.74. The highest BCUT2D eigenvalue weighted by Crippen LogP contribution is 2.52. The van der Waals surface area contributed by atoms with Crippen LogP contribution in [0.3, 0.4) is 0 Å². The summed E-state index contributed by atoms with van der Waals surface area (Å²) < 4.78 is 66.2. The van der Waals surface area contributed by atoms with Gasteiger partial charge in [-0.05, 0) is 51.0 Å². The quantitative estimate of drug-likeness (QED) is 0.311. The Labute approximate surface area is 203 Å². The Morgan fingerprint density at radius 3 is 2.25 bits per heavy atom. The molecule has 2 aliphatic heterocycles. The van der Waals surface area contributed by atoms with Gasteiger partial charge in [-0.2, -0.15) is 20.9 Å². The summed E-state index contributed by atoms with van der Waals surface area (Å²) in [5, 5.41) is 36.8. The topological polar surface area (TPSA) is 109 Å². The van der Waals surface area contributed by atoms with Gasteiger partial charge in [0.25, 0.3) is 0 Å². The Kier molecular flexibility index (Phi) is 5.37. The average molecular weight is 494 g/mol. The van der Waals surface area contributed by atoms with Crippen molar-refractivity contribution >= 4 is 11.8 Å². The van der Waals surface area contributed by atoms with Gasteiger partial charge in [-0.25, -0.2) is 22.6 Å². The first-order valence-corrected chi connectivity index (χ1v) is 11.3. The lowest BCUT2D eigenvalue weighted by atomic mass is 9.90. The number of anilines is 1. The number of hydrogen-bond donors (Lipinski definition) is 0. The molecule has 36 heavy (non-hydrogen) atoms. The number of benzene rings is 1. The highest BCUT2D eigenvalue weighted by Gasteiger charge is 2.54. The molecule has 0 spiro atoms. The van der Waals surface area contributed by atoms with E-state index < -0.39 is 51.7 Å². The van der Waals surface area contributed by atoms with Gasteiger partial charge in [-0.1, -0.05) is 11.3 Å². The van der Waals surface area contributed by atoms with Crippen LogP contribution in [-0.4, -0.2) is 17.7 Å². The van der Waals surface area contributed by atoms with Crippen molar-refractivity contribution in [1.82, 2.24) is 0 Å². The van der Waals surface area contributed by atoms with Gasteiger partial charge in [-0.15, -0.1) is 0 Å². The molecule has 0 aromatic heterocycles. The summed E-state index contributed by atoms with van der Waals surface area (Å²) in [6, 6.07) is 4.38. The average Bonchev–Trinajstić information content (AvgIpc) is 3.61. The van der Waals surface area contributed by atoms with Crippen LogP contribution in [0.2, 0.25) is 0 Å². The molecule has 2 saturated carbocycles. The van der Waals surface area contributed by atoms with E-state index in [-0.39, 0.29) is 34.8 Å². The monoisotopic (exact) mass is 494 g/mol. The molecular weight excluding hydrogens is 476 g/mol. The van der Waals surface area contributed by atoms with E-state index in [4.69, 9.17) is 15.3 Å². The van der Waals surface area contributed by atoms with Gasteiger partial charge >= 0.3 is 0 Å². The Morgan fingerprint density at radius 2 is 1.64 bits per heavy atom. The van der Waals surface area contributed by atoms with E-state index >= 15 is 17.6 Å². The van der Waals surface area contributed by atoms with Crippen molar-refractivity contribution in [2.75, 3.05) is 5.01 Å². The maximum atomic E-state index is 15.2.